The second-order valence-corrected chi connectivity index (χ2v) is 7.37. The number of carbonyl (C=O) groups excluding carboxylic acids is 1. The van der Waals surface area contributed by atoms with Gasteiger partial charge < -0.3 is 20.1 Å². The summed E-state index contributed by atoms with van der Waals surface area (Å²) in [6.07, 6.45) is 5.00. The molecule has 1 aliphatic carbocycles. The molecule has 2 N–H and O–H groups in total. The van der Waals surface area contributed by atoms with Crippen molar-refractivity contribution in [3.63, 3.8) is 0 Å². The molecular weight excluding hydrogens is 342 g/mol. The maximum atomic E-state index is 12.4. The van der Waals surface area contributed by atoms with Crippen molar-refractivity contribution < 1.29 is 14.3 Å². The summed E-state index contributed by atoms with van der Waals surface area (Å²) >= 11 is 0. The van der Waals surface area contributed by atoms with Crippen LogP contribution in [0.1, 0.15) is 24.8 Å². The van der Waals surface area contributed by atoms with Gasteiger partial charge in [0.15, 0.2) is 0 Å². The number of aromatic nitrogens is 1. The molecule has 1 saturated carbocycles. The lowest BCUT2D eigenvalue weighted by Crippen LogP contribution is -2.33. The van der Waals surface area contributed by atoms with Gasteiger partial charge in [0.25, 0.3) is 0 Å². The molecule has 1 unspecified atom stereocenters. The lowest BCUT2D eigenvalue weighted by molar-refractivity contribution is -0.123. The molecule has 0 radical (unpaired) electrons. The van der Waals surface area contributed by atoms with Crippen molar-refractivity contribution in [2.45, 2.75) is 25.8 Å². The summed E-state index contributed by atoms with van der Waals surface area (Å²) in [7, 11) is 1.62. The highest BCUT2D eigenvalue weighted by atomic mass is 16.5. The van der Waals surface area contributed by atoms with Gasteiger partial charge >= 0.3 is 0 Å². The second kappa shape index (κ2) is 7.56. The van der Waals surface area contributed by atoms with Crippen LogP contribution in [0.25, 0.3) is 0 Å². The Morgan fingerprint density at radius 3 is 2.81 bits per heavy atom. The fourth-order valence-corrected chi connectivity index (χ4v) is 3.87. The van der Waals surface area contributed by atoms with Crippen LogP contribution in [0.3, 0.4) is 0 Å². The van der Waals surface area contributed by atoms with Crippen molar-refractivity contribution in [1.29, 1.82) is 0 Å². The van der Waals surface area contributed by atoms with Crippen LogP contribution in [0.2, 0.25) is 0 Å². The first-order chi connectivity index (χ1) is 13.2. The van der Waals surface area contributed by atoms with E-state index in [0.29, 0.717) is 18.2 Å². The Bertz CT molecular complexity index is 801. The summed E-state index contributed by atoms with van der Waals surface area (Å²) in [5.74, 6) is 2.27. The largest absolute Gasteiger partial charge is 0.497 e. The Hall–Kier alpha value is -2.60. The smallest absolute Gasteiger partial charge is 0.223 e. The maximum Gasteiger partial charge on any atom is 0.223 e. The van der Waals surface area contributed by atoms with Gasteiger partial charge in [-0.05, 0) is 55.5 Å². The van der Waals surface area contributed by atoms with Crippen LogP contribution in [0.15, 0.2) is 42.6 Å². The van der Waals surface area contributed by atoms with Crippen LogP contribution in [0.4, 0.5) is 0 Å². The third kappa shape index (κ3) is 4.06. The number of nitrogens with zero attached hydrogens (tertiary/aromatic N) is 1. The predicted molar refractivity (Wildman–Crippen MR) is 102 cm³/mol. The molecule has 142 valence electrons. The lowest BCUT2D eigenvalue weighted by Gasteiger charge is -2.23. The van der Waals surface area contributed by atoms with Gasteiger partial charge in [-0.15, -0.1) is 0 Å². The molecule has 4 rings (SSSR count). The Balaban J connectivity index is 1.28. The average Bonchev–Trinajstić information content (AvgIpc) is 3.40. The number of hydrogen-bond acceptors (Lipinski definition) is 5. The minimum Gasteiger partial charge on any atom is -0.497 e. The number of rotatable bonds is 6. The van der Waals surface area contributed by atoms with Gasteiger partial charge in [-0.1, -0.05) is 12.1 Å². The summed E-state index contributed by atoms with van der Waals surface area (Å²) in [6.45, 7) is 2.56. The van der Waals surface area contributed by atoms with Crippen LogP contribution >= 0.6 is 0 Å². The summed E-state index contributed by atoms with van der Waals surface area (Å²) < 4.78 is 10.9. The molecule has 1 spiro atoms. The molecule has 2 aliphatic rings. The second-order valence-electron chi connectivity index (χ2n) is 7.37. The van der Waals surface area contributed by atoms with E-state index < -0.39 is 0 Å². The lowest BCUT2D eigenvalue weighted by atomic mass is 9.92. The van der Waals surface area contributed by atoms with E-state index in [4.69, 9.17) is 9.47 Å². The Morgan fingerprint density at radius 2 is 2.07 bits per heavy atom. The molecule has 1 aromatic heterocycles. The molecule has 2 aromatic rings. The van der Waals surface area contributed by atoms with E-state index >= 15 is 0 Å². The first-order valence-electron chi connectivity index (χ1n) is 9.44. The fourth-order valence-electron chi connectivity index (χ4n) is 3.87. The highest BCUT2D eigenvalue weighted by molar-refractivity contribution is 5.82. The number of piperidine rings is 1. The zero-order valence-electron chi connectivity index (χ0n) is 15.5. The Kier molecular flexibility index (Phi) is 4.99. The molecule has 0 bridgehead atoms. The number of benzene rings is 1. The zero-order chi connectivity index (χ0) is 18.7. The fraction of sp³-hybridized carbons (Fsp3) is 0.429. The summed E-state index contributed by atoms with van der Waals surface area (Å²) in [5.41, 5.74) is 1.23. The molecule has 27 heavy (non-hydrogen) atoms. The van der Waals surface area contributed by atoms with Crippen LogP contribution in [-0.4, -0.2) is 31.1 Å². The van der Waals surface area contributed by atoms with Crippen molar-refractivity contribution >= 4 is 5.91 Å². The minimum absolute atomic E-state index is 0.175. The average molecular weight is 367 g/mol. The molecule has 1 aliphatic heterocycles. The zero-order valence-corrected chi connectivity index (χ0v) is 15.5. The third-order valence-electron chi connectivity index (χ3n) is 5.63. The van der Waals surface area contributed by atoms with Crippen molar-refractivity contribution in [3.05, 3.63) is 48.2 Å². The quantitative estimate of drug-likeness (QED) is 0.821. The van der Waals surface area contributed by atoms with Crippen LogP contribution in [-0.2, 0) is 11.3 Å². The number of methoxy groups -OCH3 is 1. The number of amides is 1. The van der Waals surface area contributed by atoms with Gasteiger partial charge in [0.05, 0.1) is 7.11 Å². The van der Waals surface area contributed by atoms with Gasteiger partial charge in [0, 0.05) is 30.8 Å². The van der Waals surface area contributed by atoms with Crippen molar-refractivity contribution in [2.75, 3.05) is 20.2 Å². The van der Waals surface area contributed by atoms with Gasteiger partial charge in [-0.2, -0.15) is 0 Å². The van der Waals surface area contributed by atoms with Gasteiger partial charge in [0.1, 0.15) is 11.5 Å². The van der Waals surface area contributed by atoms with Gasteiger partial charge in [-0.3, -0.25) is 4.79 Å². The number of pyridine rings is 1. The molecule has 1 amide bonds. The number of hydrogen-bond donors (Lipinski definition) is 2. The monoisotopic (exact) mass is 367 g/mol. The predicted octanol–water partition coefficient (Wildman–Crippen LogP) is 2.89. The van der Waals surface area contributed by atoms with Crippen LogP contribution < -0.4 is 20.1 Å². The molecule has 1 saturated heterocycles. The first-order valence-corrected chi connectivity index (χ1v) is 9.44. The Labute approximate surface area is 159 Å². The number of nitrogens with one attached hydrogen (secondary N) is 2. The summed E-state index contributed by atoms with van der Waals surface area (Å²) in [5, 5.41) is 6.43. The highest BCUT2D eigenvalue weighted by Crippen LogP contribution is 2.58. The molecular formula is C21H25N3O3. The molecule has 6 nitrogen and oxygen atoms in total. The molecule has 2 heterocycles. The van der Waals surface area contributed by atoms with Crippen molar-refractivity contribution in [3.8, 4) is 17.4 Å². The van der Waals surface area contributed by atoms with Crippen LogP contribution in [0, 0.1) is 11.3 Å². The van der Waals surface area contributed by atoms with E-state index in [0.717, 1.165) is 43.7 Å². The minimum atomic E-state index is 0.175. The third-order valence-corrected chi connectivity index (χ3v) is 5.63. The van der Waals surface area contributed by atoms with Gasteiger partial charge in [0.2, 0.25) is 11.8 Å². The Morgan fingerprint density at radius 1 is 1.26 bits per heavy atom. The van der Waals surface area contributed by atoms with Crippen molar-refractivity contribution in [2.24, 2.45) is 11.3 Å². The molecule has 1 aromatic carbocycles. The van der Waals surface area contributed by atoms with E-state index in [9.17, 15) is 4.79 Å². The van der Waals surface area contributed by atoms with Crippen molar-refractivity contribution in [1.82, 2.24) is 15.6 Å². The van der Waals surface area contributed by atoms with Gasteiger partial charge in [-0.25, -0.2) is 4.98 Å². The van der Waals surface area contributed by atoms with E-state index in [1.807, 2.05) is 36.4 Å². The first kappa shape index (κ1) is 17.8. The van der Waals surface area contributed by atoms with E-state index in [-0.39, 0.29) is 17.2 Å². The van der Waals surface area contributed by atoms with E-state index in [1.165, 1.54) is 0 Å². The standard InChI is InChI=1S/C21H25N3O3/c1-26-16-3-2-4-17(11-16)27-19-6-5-15(13-23-19)14-24-20(25)18-12-21(18)7-9-22-10-8-21/h2-6,11,13,18,22H,7-10,12,14H2,1H3,(H,24,25). The molecule has 6 heteroatoms. The number of carbonyl (C=O) groups is 1. The molecule has 1 atom stereocenters. The highest BCUT2D eigenvalue weighted by Gasteiger charge is 2.57. The summed E-state index contributed by atoms with van der Waals surface area (Å²) in [6, 6.07) is 11.1. The number of ether oxygens (including phenoxy) is 2. The van der Waals surface area contributed by atoms with E-state index in [2.05, 4.69) is 15.6 Å². The maximum absolute atomic E-state index is 12.4. The van der Waals surface area contributed by atoms with E-state index in [1.54, 1.807) is 13.3 Å². The topological polar surface area (TPSA) is 72.5 Å². The SMILES string of the molecule is COc1cccc(Oc2ccc(CNC(=O)C3CC34CCNCC4)cn2)c1. The molecule has 2 fully saturated rings. The summed E-state index contributed by atoms with van der Waals surface area (Å²) in [4.78, 5) is 16.8. The van der Waals surface area contributed by atoms with Crippen LogP contribution in [0.5, 0.6) is 17.4 Å². The normalized spacial score (nSPS) is 20.1.